The van der Waals surface area contributed by atoms with Crippen LogP contribution in [0.4, 0.5) is 19.0 Å². The van der Waals surface area contributed by atoms with Crippen LogP contribution < -0.4 is 4.90 Å². The number of hydrogen-bond donors (Lipinski definition) is 0. The van der Waals surface area contributed by atoms with Crippen molar-refractivity contribution in [1.29, 1.82) is 0 Å². The van der Waals surface area contributed by atoms with E-state index in [-0.39, 0.29) is 11.6 Å². The first-order chi connectivity index (χ1) is 13.2. The normalized spacial score (nSPS) is 14.9. The highest BCUT2D eigenvalue weighted by atomic mass is 35.5. The van der Waals surface area contributed by atoms with Crippen LogP contribution in [0.5, 0.6) is 0 Å². The number of halogens is 6. The summed E-state index contributed by atoms with van der Waals surface area (Å²) in [5.41, 5.74) is 0.840. The van der Waals surface area contributed by atoms with E-state index in [1.54, 1.807) is 18.2 Å². The smallest absolute Gasteiger partial charge is 0.391 e. The Balaban J connectivity index is 1.55. The molecule has 1 aromatic carbocycles. The third kappa shape index (κ3) is 5.21. The summed E-state index contributed by atoms with van der Waals surface area (Å²) in [6.07, 6.45) is -2.48. The Bertz CT molecular complexity index is 880. The summed E-state index contributed by atoms with van der Waals surface area (Å²) < 4.78 is 38.2. The van der Waals surface area contributed by atoms with Crippen LogP contribution in [0.25, 0.3) is 0 Å². The lowest BCUT2D eigenvalue weighted by molar-refractivity contribution is -0.137. The number of alkyl halides is 3. The summed E-state index contributed by atoms with van der Waals surface area (Å²) in [7, 11) is 0. The van der Waals surface area contributed by atoms with Gasteiger partial charge in [-0.15, -0.1) is 0 Å². The van der Waals surface area contributed by atoms with Gasteiger partial charge in [-0.25, -0.2) is 4.98 Å². The van der Waals surface area contributed by atoms with Gasteiger partial charge in [-0.05, 0) is 23.8 Å². The van der Waals surface area contributed by atoms with Crippen LogP contribution in [0.2, 0.25) is 15.1 Å². The number of oxime groups is 1. The van der Waals surface area contributed by atoms with Crippen molar-refractivity contribution in [1.82, 2.24) is 4.98 Å². The molecule has 0 atom stereocenters. The molecule has 0 aliphatic carbocycles. The Hall–Kier alpha value is -1.70. The molecule has 1 aliphatic rings. The minimum Gasteiger partial charge on any atom is -0.391 e. The van der Waals surface area contributed by atoms with Gasteiger partial charge in [-0.2, -0.15) is 13.2 Å². The van der Waals surface area contributed by atoms with Crippen molar-refractivity contribution >= 4 is 46.3 Å². The van der Waals surface area contributed by atoms with E-state index < -0.39 is 11.7 Å². The Kier molecular flexibility index (Phi) is 6.58. The van der Waals surface area contributed by atoms with Gasteiger partial charge in [0, 0.05) is 32.1 Å². The number of nitrogens with zero attached hydrogens (tertiary/aromatic N) is 3. The molecule has 0 N–H and O–H groups in total. The first-order valence-electron chi connectivity index (χ1n) is 8.33. The zero-order valence-electron chi connectivity index (χ0n) is 14.4. The van der Waals surface area contributed by atoms with Crippen LogP contribution in [0, 0.1) is 0 Å². The van der Waals surface area contributed by atoms with Crippen molar-refractivity contribution in [2.75, 3.05) is 18.0 Å². The SMILES string of the molecule is FC(F)(F)c1cnc(N2CCC(=NOCc3ccc(Cl)c(Cl)c3)CC2)c(Cl)c1. The standard InChI is InChI=1S/C18H15Cl3F3N3O/c19-14-2-1-11(7-15(14)20)10-28-26-13-3-5-27(6-4-13)17-16(21)8-12(9-25-17)18(22,23)24/h1-2,7-9H,3-6,10H2. The summed E-state index contributed by atoms with van der Waals surface area (Å²) in [5.74, 6) is 0.338. The van der Waals surface area contributed by atoms with Gasteiger partial charge in [-0.3, -0.25) is 0 Å². The van der Waals surface area contributed by atoms with E-state index in [0.717, 1.165) is 23.5 Å². The van der Waals surface area contributed by atoms with Gasteiger partial charge in [0.1, 0.15) is 12.4 Å². The highest BCUT2D eigenvalue weighted by Gasteiger charge is 2.32. The highest BCUT2D eigenvalue weighted by Crippen LogP contribution is 2.34. The summed E-state index contributed by atoms with van der Waals surface area (Å²) >= 11 is 17.8. The molecule has 1 aliphatic heterocycles. The van der Waals surface area contributed by atoms with Crippen LogP contribution in [0.3, 0.4) is 0 Å². The van der Waals surface area contributed by atoms with Crippen molar-refractivity contribution in [2.45, 2.75) is 25.6 Å². The first kappa shape index (κ1) is 21.0. The minimum absolute atomic E-state index is 0.0221. The van der Waals surface area contributed by atoms with Crippen LogP contribution in [0.15, 0.2) is 35.6 Å². The number of anilines is 1. The highest BCUT2D eigenvalue weighted by molar-refractivity contribution is 6.42. The second-order valence-electron chi connectivity index (χ2n) is 6.19. The van der Waals surface area contributed by atoms with Crippen molar-refractivity contribution in [3.8, 4) is 0 Å². The maximum Gasteiger partial charge on any atom is 0.417 e. The molecule has 2 heterocycles. The van der Waals surface area contributed by atoms with Gasteiger partial charge in [0.2, 0.25) is 0 Å². The molecule has 0 amide bonds. The first-order valence-corrected chi connectivity index (χ1v) is 9.47. The van der Waals surface area contributed by atoms with Gasteiger partial charge in [0.15, 0.2) is 0 Å². The molecule has 0 radical (unpaired) electrons. The lowest BCUT2D eigenvalue weighted by atomic mass is 10.1. The third-order valence-electron chi connectivity index (χ3n) is 4.20. The molecule has 150 valence electrons. The van der Waals surface area contributed by atoms with Crippen LogP contribution in [-0.4, -0.2) is 23.8 Å². The fraction of sp³-hybridized carbons (Fsp3) is 0.333. The van der Waals surface area contributed by atoms with Crippen LogP contribution in [-0.2, 0) is 17.6 Å². The van der Waals surface area contributed by atoms with E-state index in [9.17, 15) is 13.2 Å². The van der Waals surface area contributed by atoms with E-state index >= 15 is 0 Å². The van der Waals surface area contributed by atoms with Gasteiger partial charge >= 0.3 is 6.18 Å². The van der Waals surface area contributed by atoms with E-state index in [1.165, 1.54) is 0 Å². The molecule has 1 saturated heterocycles. The zero-order chi connectivity index (χ0) is 20.3. The Morgan fingerprint density at radius 2 is 1.75 bits per heavy atom. The Morgan fingerprint density at radius 3 is 2.36 bits per heavy atom. The van der Waals surface area contributed by atoms with Crippen molar-refractivity contribution in [3.05, 3.63) is 56.7 Å². The summed E-state index contributed by atoms with van der Waals surface area (Å²) in [5, 5.41) is 5.04. The van der Waals surface area contributed by atoms with E-state index in [0.29, 0.717) is 41.8 Å². The second kappa shape index (κ2) is 8.76. The number of pyridine rings is 1. The second-order valence-corrected chi connectivity index (χ2v) is 7.42. The van der Waals surface area contributed by atoms with Crippen molar-refractivity contribution < 1.29 is 18.0 Å². The molecule has 1 fully saturated rings. The molecular weight excluding hydrogens is 438 g/mol. The van der Waals surface area contributed by atoms with Crippen LogP contribution >= 0.6 is 34.8 Å². The minimum atomic E-state index is -4.47. The summed E-state index contributed by atoms with van der Waals surface area (Å²) in [4.78, 5) is 11.1. The van der Waals surface area contributed by atoms with E-state index in [2.05, 4.69) is 10.1 Å². The number of aromatic nitrogens is 1. The molecule has 2 aromatic rings. The average molecular weight is 453 g/mol. The predicted octanol–water partition coefficient (Wildman–Crippen LogP) is 6.23. The molecule has 0 saturated carbocycles. The summed E-state index contributed by atoms with van der Waals surface area (Å²) in [6, 6.07) is 6.10. The lowest BCUT2D eigenvalue weighted by Crippen LogP contribution is -2.34. The van der Waals surface area contributed by atoms with Crippen LogP contribution in [0.1, 0.15) is 24.0 Å². The number of hydrogen-bond acceptors (Lipinski definition) is 4. The largest absolute Gasteiger partial charge is 0.417 e. The van der Waals surface area contributed by atoms with Crippen molar-refractivity contribution in [2.24, 2.45) is 5.16 Å². The lowest BCUT2D eigenvalue weighted by Gasteiger charge is -2.29. The van der Waals surface area contributed by atoms with Gasteiger partial charge in [0.25, 0.3) is 0 Å². The van der Waals surface area contributed by atoms with E-state index in [4.69, 9.17) is 39.6 Å². The van der Waals surface area contributed by atoms with Gasteiger partial charge < -0.3 is 9.74 Å². The fourth-order valence-electron chi connectivity index (χ4n) is 2.71. The Morgan fingerprint density at radius 1 is 1.04 bits per heavy atom. The molecule has 0 unspecified atom stereocenters. The van der Waals surface area contributed by atoms with Crippen molar-refractivity contribution in [3.63, 3.8) is 0 Å². The number of benzene rings is 1. The Labute approximate surface area is 174 Å². The topological polar surface area (TPSA) is 37.7 Å². The molecular formula is C18H15Cl3F3N3O. The number of piperidine rings is 1. The predicted molar refractivity (Wildman–Crippen MR) is 104 cm³/mol. The monoisotopic (exact) mass is 451 g/mol. The molecule has 3 rings (SSSR count). The number of rotatable bonds is 4. The molecule has 0 bridgehead atoms. The molecule has 4 nitrogen and oxygen atoms in total. The maximum atomic E-state index is 12.7. The third-order valence-corrected chi connectivity index (χ3v) is 5.22. The van der Waals surface area contributed by atoms with Gasteiger partial charge in [-0.1, -0.05) is 46.0 Å². The molecule has 28 heavy (non-hydrogen) atoms. The fourth-order valence-corrected chi connectivity index (χ4v) is 3.32. The average Bonchev–Trinajstić information content (AvgIpc) is 2.64. The molecule has 0 spiro atoms. The summed E-state index contributed by atoms with van der Waals surface area (Å²) in [6.45, 7) is 1.33. The quantitative estimate of drug-likeness (QED) is 0.516. The van der Waals surface area contributed by atoms with E-state index in [1.807, 2.05) is 4.90 Å². The van der Waals surface area contributed by atoms with Gasteiger partial charge in [0.05, 0.1) is 26.3 Å². The molecule has 1 aromatic heterocycles. The zero-order valence-corrected chi connectivity index (χ0v) is 16.7. The molecule has 10 heteroatoms. The maximum absolute atomic E-state index is 12.7.